The SMILES string of the molecule is COc1ccc(C(=O)C(C)OCc2cccc(Br)c2)cc1. The van der Waals surface area contributed by atoms with Crippen LogP contribution in [0.4, 0.5) is 0 Å². The Morgan fingerprint density at radius 1 is 1.19 bits per heavy atom. The number of methoxy groups -OCH3 is 1. The largest absolute Gasteiger partial charge is 0.497 e. The molecule has 21 heavy (non-hydrogen) atoms. The smallest absolute Gasteiger partial charge is 0.191 e. The summed E-state index contributed by atoms with van der Waals surface area (Å²) < 4.78 is 11.7. The van der Waals surface area contributed by atoms with E-state index in [2.05, 4.69) is 15.9 Å². The first-order chi connectivity index (χ1) is 10.1. The number of carbonyl (C=O) groups is 1. The lowest BCUT2D eigenvalue weighted by Crippen LogP contribution is -2.20. The lowest BCUT2D eigenvalue weighted by molar-refractivity contribution is 0.0412. The van der Waals surface area contributed by atoms with E-state index in [1.165, 1.54) is 0 Å². The molecule has 4 heteroatoms. The molecule has 0 spiro atoms. The fourth-order valence-electron chi connectivity index (χ4n) is 1.91. The third-order valence-corrected chi connectivity index (χ3v) is 3.63. The molecule has 2 rings (SSSR count). The summed E-state index contributed by atoms with van der Waals surface area (Å²) in [6.45, 7) is 2.17. The average molecular weight is 349 g/mol. The van der Waals surface area contributed by atoms with Gasteiger partial charge in [-0.3, -0.25) is 4.79 Å². The maximum absolute atomic E-state index is 12.3. The number of ketones is 1. The van der Waals surface area contributed by atoms with E-state index in [0.717, 1.165) is 15.8 Å². The molecule has 0 aliphatic rings. The van der Waals surface area contributed by atoms with Crippen molar-refractivity contribution in [2.45, 2.75) is 19.6 Å². The van der Waals surface area contributed by atoms with Crippen molar-refractivity contribution in [2.24, 2.45) is 0 Å². The zero-order valence-electron chi connectivity index (χ0n) is 12.0. The molecule has 0 radical (unpaired) electrons. The highest BCUT2D eigenvalue weighted by molar-refractivity contribution is 9.10. The molecule has 1 atom stereocenters. The van der Waals surface area contributed by atoms with Crippen LogP contribution in [-0.4, -0.2) is 19.0 Å². The van der Waals surface area contributed by atoms with Crippen LogP contribution >= 0.6 is 15.9 Å². The van der Waals surface area contributed by atoms with Gasteiger partial charge in [-0.25, -0.2) is 0 Å². The molecule has 0 saturated carbocycles. The van der Waals surface area contributed by atoms with E-state index < -0.39 is 6.10 Å². The molecular weight excluding hydrogens is 332 g/mol. The monoisotopic (exact) mass is 348 g/mol. The van der Waals surface area contributed by atoms with Crippen molar-refractivity contribution >= 4 is 21.7 Å². The van der Waals surface area contributed by atoms with Crippen molar-refractivity contribution in [3.05, 3.63) is 64.1 Å². The Bertz CT molecular complexity index is 608. The van der Waals surface area contributed by atoms with Gasteiger partial charge >= 0.3 is 0 Å². The molecule has 0 bridgehead atoms. The van der Waals surface area contributed by atoms with Crippen molar-refractivity contribution in [3.8, 4) is 5.75 Å². The Morgan fingerprint density at radius 3 is 2.52 bits per heavy atom. The minimum Gasteiger partial charge on any atom is -0.497 e. The van der Waals surface area contributed by atoms with E-state index in [9.17, 15) is 4.79 Å². The van der Waals surface area contributed by atoms with Crippen LogP contribution in [0.1, 0.15) is 22.8 Å². The van der Waals surface area contributed by atoms with E-state index in [1.54, 1.807) is 38.3 Å². The minimum absolute atomic E-state index is 0.0346. The summed E-state index contributed by atoms with van der Waals surface area (Å²) >= 11 is 3.41. The van der Waals surface area contributed by atoms with Gasteiger partial charge in [-0.2, -0.15) is 0 Å². The van der Waals surface area contributed by atoms with E-state index in [0.29, 0.717) is 12.2 Å². The molecule has 0 aliphatic carbocycles. The van der Waals surface area contributed by atoms with Crippen LogP contribution in [0.2, 0.25) is 0 Å². The maximum atomic E-state index is 12.3. The number of halogens is 1. The topological polar surface area (TPSA) is 35.5 Å². The fraction of sp³-hybridized carbons (Fsp3) is 0.235. The van der Waals surface area contributed by atoms with Crippen LogP contribution in [0, 0.1) is 0 Å². The summed E-state index contributed by atoms with van der Waals surface area (Å²) in [6, 6.07) is 14.9. The highest BCUT2D eigenvalue weighted by Gasteiger charge is 2.15. The van der Waals surface area contributed by atoms with Crippen LogP contribution < -0.4 is 4.74 Å². The normalized spacial score (nSPS) is 12.0. The van der Waals surface area contributed by atoms with Gasteiger partial charge < -0.3 is 9.47 Å². The zero-order chi connectivity index (χ0) is 15.2. The van der Waals surface area contributed by atoms with Gasteiger partial charge in [0.15, 0.2) is 5.78 Å². The number of hydrogen-bond donors (Lipinski definition) is 0. The molecule has 0 saturated heterocycles. The van der Waals surface area contributed by atoms with Gasteiger partial charge in [0.1, 0.15) is 11.9 Å². The first kappa shape index (κ1) is 15.7. The molecule has 0 heterocycles. The number of Topliss-reactive ketones (excluding diaryl/α,β-unsaturated/α-hetero) is 1. The molecule has 0 aromatic heterocycles. The lowest BCUT2D eigenvalue weighted by atomic mass is 10.1. The molecule has 2 aromatic carbocycles. The van der Waals surface area contributed by atoms with Crippen molar-refractivity contribution in [2.75, 3.05) is 7.11 Å². The zero-order valence-corrected chi connectivity index (χ0v) is 13.6. The number of hydrogen-bond acceptors (Lipinski definition) is 3. The summed E-state index contributed by atoms with van der Waals surface area (Å²) in [6.07, 6.45) is -0.489. The van der Waals surface area contributed by atoms with E-state index >= 15 is 0 Å². The highest BCUT2D eigenvalue weighted by Crippen LogP contribution is 2.16. The predicted octanol–water partition coefficient (Wildman–Crippen LogP) is 4.25. The second-order valence-corrected chi connectivity index (χ2v) is 5.59. The van der Waals surface area contributed by atoms with E-state index in [1.807, 2.05) is 24.3 Å². The highest BCUT2D eigenvalue weighted by atomic mass is 79.9. The van der Waals surface area contributed by atoms with Crippen molar-refractivity contribution in [1.82, 2.24) is 0 Å². The Kier molecular flexibility index (Phi) is 5.53. The molecule has 2 aromatic rings. The fourth-order valence-corrected chi connectivity index (χ4v) is 2.36. The van der Waals surface area contributed by atoms with Crippen molar-refractivity contribution in [1.29, 1.82) is 0 Å². The third-order valence-electron chi connectivity index (χ3n) is 3.13. The Balaban J connectivity index is 1.95. The molecule has 3 nitrogen and oxygen atoms in total. The quantitative estimate of drug-likeness (QED) is 0.732. The summed E-state index contributed by atoms with van der Waals surface area (Å²) in [7, 11) is 1.60. The van der Waals surface area contributed by atoms with Gasteiger partial charge in [-0.15, -0.1) is 0 Å². The van der Waals surface area contributed by atoms with Crippen LogP contribution in [0.5, 0.6) is 5.75 Å². The predicted molar refractivity (Wildman–Crippen MR) is 85.7 cm³/mol. The Hall–Kier alpha value is -1.65. The van der Waals surface area contributed by atoms with Crippen molar-refractivity contribution < 1.29 is 14.3 Å². The maximum Gasteiger partial charge on any atom is 0.191 e. The summed E-state index contributed by atoms with van der Waals surface area (Å²) in [4.78, 5) is 12.3. The molecule has 0 amide bonds. The third kappa shape index (κ3) is 4.41. The lowest BCUT2D eigenvalue weighted by Gasteiger charge is -2.12. The Morgan fingerprint density at radius 2 is 1.90 bits per heavy atom. The Labute approximate surface area is 133 Å². The van der Waals surface area contributed by atoms with Crippen molar-refractivity contribution in [3.63, 3.8) is 0 Å². The van der Waals surface area contributed by atoms with Gasteiger partial charge in [0.2, 0.25) is 0 Å². The summed E-state index contributed by atoms with van der Waals surface area (Å²) in [5, 5.41) is 0. The first-order valence-corrected chi connectivity index (χ1v) is 7.44. The molecule has 1 unspecified atom stereocenters. The number of rotatable bonds is 6. The van der Waals surface area contributed by atoms with Crippen LogP contribution in [0.15, 0.2) is 53.0 Å². The number of ether oxygens (including phenoxy) is 2. The van der Waals surface area contributed by atoms with Gasteiger partial charge in [0, 0.05) is 10.0 Å². The number of carbonyl (C=O) groups excluding carboxylic acids is 1. The molecular formula is C17H17BrO3. The second kappa shape index (κ2) is 7.38. The van der Waals surface area contributed by atoms with E-state index in [-0.39, 0.29) is 5.78 Å². The molecule has 0 N–H and O–H groups in total. The summed E-state index contributed by atoms with van der Waals surface area (Å²) in [5.41, 5.74) is 1.65. The van der Waals surface area contributed by atoms with Gasteiger partial charge in [-0.05, 0) is 48.9 Å². The van der Waals surface area contributed by atoms with Gasteiger partial charge in [-0.1, -0.05) is 28.1 Å². The molecule has 0 fully saturated rings. The second-order valence-electron chi connectivity index (χ2n) is 4.68. The standard InChI is InChI=1S/C17H17BrO3/c1-12(21-11-13-4-3-5-15(18)10-13)17(19)14-6-8-16(20-2)9-7-14/h3-10,12H,11H2,1-2H3. The first-order valence-electron chi connectivity index (χ1n) is 6.64. The molecule has 110 valence electrons. The van der Waals surface area contributed by atoms with Crippen LogP contribution in [-0.2, 0) is 11.3 Å². The van der Waals surface area contributed by atoms with Crippen LogP contribution in [0.3, 0.4) is 0 Å². The number of benzene rings is 2. The van der Waals surface area contributed by atoms with Crippen LogP contribution in [0.25, 0.3) is 0 Å². The average Bonchev–Trinajstić information content (AvgIpc) is 2.52. The summed E-state index contributed by atoms with van der Waals surface area (Å²) in [5.74, 6) is 0.696. The van der Waals surface area contributed by atoms with E-state index in [4.69, 9.17) is 9.47 Å². The minimum atomic E-state index is -0.489. The van der Waals surface area contributed by atoms with Gasteiger partial charge in [0.05, 0.1) is 13.7 Å². The van der Waals surface area contributed by atoms with Gasteiger partial charge in [0.25, 0.3) is 0 Å². The molecule has 0 aliphatic heterocycles.